The van der Waals surface area contributed by atoms with Gasteiger partial charge in [0.1, 0.15) is 6.61 Å². The third kappa shape index (κ3) is 4.84. The van der Waals surface area contributed by atoms with Gasteiger partial charge in [0.05, 0.1) is 0 Å². The summed E-state index contributed by atoms with van der Waals surface area (Å²) in [5, 5.41) is 2.66. The van der Waals surface area contributed by atoms with Crippen LogP contribution in [0.4, 0.5) is 4.79 Å². The van der Waals surface area contributed by atoms with E-state index in [1.165, 1.54) is 0 Å². The van der Waals surface area contributed by atoms with Gasteiger partial charge in [-0.1, -0.05) is 66.6 Å². The number of amides is 1. The van der Waals surface area contributed by atoms with Crippen LogP contribution >= 0.6 is 0 Å². The van der Waals surface area contributed by atoms with E-state index in [0.29, 0.717) is 6.54 Å². The van der Waals surface area contributed by atoms with Crippen molar-refractivity contribution in [3.05, 3.63) is 77.4 Å². The van der Waals surface area contributed by atoms with Crippen LogP contribution in [0.15, 0.2) is 60.7 Å². The van der Waals surface area contributed by atoms with E-state index in [4.69, 9.17) is 11.2 Å². The lowest BCUT2D eigenvalue weighted by molar-refractivity contribution is 0.141. The minimum atomic E-state index is -0.446. The molecule has 0 heterocycles. The van der Waals surface area contributed by atoms with Crippen molar-refractivity contribution in [1.29, 1.82) is 0 Å². The van der Waals surface area contributed by atoms with Gasteiger partial charge in [0.2, 0.25) is 0 Å². The zero-order valence-corrected chi connectivity index (χ0v) is 12.2. The molecule has 0 fully saturated rings. The number of carbonyl (C=O) groups excluding carboxylic acids is 1. The fourth-order valence-electron chi connectivity index (χ4n) is 1.88. The zero-order valence-electron chi connectivity index (χ0n) is 12.2. The highest BCUT2D eigenvalue weighted by Gasteiger charge is 2.00. The quantitative estimate of drug-likeness (QED) is 0.855. The third-order valence-corrected chi connectivity index (χ3v) is 2.99. The van der Waals surface area contributed by atoms with Crippen molar-refractivity contribution >= 4 is 12.2 Å². The van der Waals surface area contributed by atoms with Crippen molar-refractivity contribution in [3.8, 4) is 12.3 Å². The Bertz CT molecular complexity index is 684. The summed E-state index contributed by atoms with van der Waals surface area (Å²) in [7, 11) is 0. The molecule has 0 bridgehead atoms. The summed E-state index contributed by atoms with van der Waals surface area (Å²) in [6.07, 6.45) is 8.69. The highest BCUT2D eigenvalue weighted by molar-refractivity contribution is 5.67. The number of carbonyl (C=O) groups is 1. The van der Waals surface area contributed by atoms with Crippen LogP contribution in [0.5, 0.6) is 0 Å². The predicted molar refractivity (Wildman–Crippen MR) is 88.0 cm³/mol. The zero-order chi connectivity index (χ0) is 15.6. The Balaban J connectivity index is 1.75. The second-order valence-electron chi connectivity index (χ2n) is 4.58. The third-order valence-electron chi connectivity index (χ3n) is 2.99. The van der Waals surface area contributed by atoms with Crippen LogP contribution in [0, 0.1) is 12.3 Å². The Labute approximate surface area is 130 Å². The van der Waals surface area contributed by atoms with Crippen LogP contribution in [0.3, 0.4) is 0 Å². The van der Waals surface area contributed by atoms with Crippen LogP contribution in [0.2, 0.25) is 0 Å². The minimum absolute atomic E-state index is 0.260. The van der Waals surface area contributed by atoms with Crippen molar-refractivity contribution in [2.75, 3.05) is 6.54 Å². The molecule has 2 aromatic rings. The van der Waals surface area contributed by atoms with E-state index in [-0.39, 0.29) is 6.61 Å². The Morgan fingerprint density at radius 3 is 2.64 bits per heavy atom. The molecule has 0 atom stereocenters. The summed E-state index contributed by atoms with van der Waals surface area (Å²) in [6, 6.07) is 17.2. The molecule has 0 aliphatic carbocycles. The predicted octanol–water partition coefficient (Wildman–Crippen LogP) is 3.61. The first kappa shape index (κ1) is 15.4. The number of rotatable bonds is 5. The van der Waals surface area contributed by atoms with Gasteiger partial charge in [-0.15, -0.1) is 6.42 Å². The van der Waals surface area contributed by atoms with Crippen LogP contribution in [0.25, 0.3) is 6.08 Å². The second-order valence-corrected chi connectivity index (χ2v) is 4.58. The number of terminal acetylenes is 1. The van der Waals surface area contributed by atoms with Gasteiger partial charge in [0, 0.05) is 12.1 Å². The summed E-state index contributed by atoms with van der Waals surface area (Å²) in [4.78, 5) is 11.6. The number of hydrogen-bond donors (Lipinski definition) is 1. The lowest BCUT2D eigenvalue weighted by Crippen LogP contribution is -2.24. The fraction of sp³-hybridized carbons (Fsp3) is 0.105. The van der Waals surface area contributed by atoms with Gasteiger partial charge < -0.3 is 10.1 Å². The fourth-order valence-corrected chi connectivity index (χ4v) is 1.88. The van der Waals surface area contributed by atoms with E-state index in [9.17, 15) is 4.79 Å². The van der Waals surface area contributed by atoms with Crippen molar-refractivity contribution in [2.24, 2.45) is 0 Å². The van der Waals surface area contributed by atoms with Crippen molar-refractivity contribution in [1.82, 2.24) is 5.32 Å². The molecule has 0 spiro atoms. The molecule has 2 rings (SSSR count). The molecular formula is C19H17NO2. The van der Waals surface area contributed by atoms with Crippen molar-refractivity contribution < 1.29 is 9.53 Å². The first-order chi connectivity index (χ1) is 10.8. The highest BCUT2D eigenvalue weighted by atomic mass is 16.5. The van der Waals surface area contributed by atoms with Gasteiger partial charge in [0.25, 0.3) is 0 Å². The summed E-state index contributed by atoms with van der Waals surface area (Å²) in [5.41, 5.74) is 2.73. The molecule has 0 aliphatic rings. The number of hydrogen-bond acceptors (Lipinski definition) is 2. The first-order valence-corrected chi connectivity index (χ1v) is 6.96. The van der Waals surface area contributed by atoms with E-state index in [1.54, 1.807) is 0 Å². The van der Waals surface area contributed by atoms with Gasteiger partial charge in [-0.25, -0.2) is 4.79 Å². The number of alkyl carbamates (subject to hydrolysis) is 1. The van der Waals surface area contributed by atoms with Gasteiger partial charge in [-0.3, -0.25) is 0 Å². The Morgan fingerprint density at radius 1 is 1.14 bits per heavy atom. The maximum atomic E-state index is 11.6. The molecule has 3 nitrogen and oxygen atoms in total. The molecule has 110 valence electrons. The number of nitrogens with one attached hydrogen (secondary N) is 1. The monoisotopic (exact) mass is 291 g/mol. The Kier molecular flexibility index (Phi) is 5.83. The number of benzene rings is 2. The second kappa shape index (κ2) is 8.33. The van der Waals surface area contributed by atoms with E-state index in [0.717, 1.165) is 16.7 Å². The van der Waals surface area contributed by atoms with Crippen molar-refractivity contribution in [3.63, 3.8) is 0 Å². The summed E-state index contributed by atoms with van der Waals surface area (Å²) in [6.45, 7) is 0.642. The maximum absolute atomic E-state index is 11.6. The largest absolute Gasteiger partial charge is 0.445 e. The molecule has 1 N–H and O–H groups in total. The average molecular weight is 291 g/mol. The molecule has 0 saturated carbocycles. The van der Waals surface area contributed by atoms with Gasteiger partial charge in [-0.2, -0.15) is 0 Å². The molecule has 2 aromatic carbocycles. The first-order valence-electron chi connectivity index (χ1n) is 6.96. The smallest absolute Gasteiger partial charge is 0.407 e. The highest BCUT2D eigenvalue weighted by Crippen LogP contribution is 2.08. The van der Waals surface area contributed by atoms with E-state index in [2.05, 4.69) is 11.2 Å². The van der Waals surface area contributed by atoms with Gasteiger partial charge >= 0.3 is 6.09 Å². The van der Waals surface area contributed by atoms with Crippen molar-refractivity contribution in [2.45, 2.75) is 6.61 Å². The normalized spacial score (nSPS) is 10.1. The summed E-state index contributed by atoms with van der Waals surface area (Å²) < 4.78 is 5.11. The molecular weight excluding hydrogens is 274 g/mol. The molecule has 0 unspecified atom stereocenters. The Morgan fingerprint density at radius 2 is 1.86 bits per heavy atom. The maximum Gasteiger partial charge on any atom is 0.407 e. The summed E-state index contributed by atoms with van der Waals surface area (Å²) >= 11 is 0. The van der Waals surface area contributed by atoms with Gasteiger partial charge in [0.15, 0.2) is 0 Å². The topological polar surface area (TPSA) is 38.3 Å². The SMILES string of the molecule is C#Cc1ccccc1C=CCNC(=O)OCc1ccccc1. The summed E-state index contributed by atoms with van der Waals surface area (Å²) in [5.74, 6) is 2.62. The molecule has 0 aliphatic heterocycles. The minimum Gasteiger partial charge on any atom is -0.445 e. The number of ether oxygens (including phenoxy) is 1. The van der Waals surface area contributed by atoms with E-state index in [1.807, 2.05) is 66.7 Å². The molecule has 0 saturated heterocycles. The lowest BCUT2D eigenvalue weighted by atomic mass is 10.1. The molecule has 1 amide bonds. The molecule has 22 heavy (non-hydrogen) atoms. The molecule has 0 radical (unpaired) electrons. The average Bonchev–Trinajstić information content (AvgIpc) is 2.58. The lowest BCUT2D eigenvalue weighted by Gasteiger charge is -2.05. The van der Waals surface area contributed by atoms with Crippen LogP contribution in [-0.4, -0.2) is 12.6 Å². The standard InChI is InChI=1S/C19H17NO2/c1-2-17-11-6-7-12-18(17)13-8-14-20-19(21)22-15-16-9-4-3-5-10-16/h1,3-13H,14-15H2,(H,20,21). The van der Waals surface area contributed by atoms with Gasteiger partial charge in [-0.05, 0) is 17.2 Å². The van der Waals surface area contributed by atoms with Crippen LogP contribution < -0.4 is 5.32 Å². The Hall–Kier alpha value is -2.99. The van der Waals surface area contributed by atoms with E-state index >= 15 is 0 Å². The van der Waals surface area contributed by atoms with Crippen LogP contribution in [0.1, 0.15) is 16.7 Å². The van der Waals surface area contributed by atoms with Crippen LogP contribution in [-0.2, 0) is 11.3 Å². The van der Waals surface area contributed by atoms with E-state index < -0.39 is 6.09 Å². The molecule has 3 heteroatoms. The molecule has 0 aromatic heterocycles.